The molecule has 1 aliphatic rings. The van der Waals surface area contributed by atoms with Gasteiger partial charge in [0, 0.05) is 18.5 Å². The van der Waals surface area contributed by atoms with Crippen molar-refractivity contribution in [3.8, 4) is 5.75 Å². The normalized spacial score (nSPS) is 14.9. The maximum absolute atomic E-state index is 11.4. The number of benzene rings is 1. The van der Waals surface area contributed by atoms with Crippen molar-refractivity contribution in [2.24, 2.45) is 5.92 Å². The van der Waals surface area contributed by atoms with Crippen LogP contribution in [0.2, 0.25) is 0 Å². The van der Waals surface area contributed by atoms with E-state index in [2.05, 4.69) is 5.32 Å². The van der Waals surface area contributed by atoms with E-state index in [1.165, 1.54) is 12.8 Å². The molecule has 0 bridgehead atoms. The first-order chi connectivity index (χ1) is 7.25. The first-order valence-corrected chi connectivity index (χ1v) is 5.29. The van der Waals surface area contributed by atoms with Crippen LogP contribution in [-0.4, -0.2) is 11.0 Å². The second-order valence-electron chi connectivity index (χ2n) is 4.05. The molecule has 0 aromatic heterocycles. The van der Waals surface area contributed by atoms with Gasteiger partial charge in [0.1, 0.15) is 5.75 Å². The first kappa shape index (κ1) is 10.0. The molecule has 0 aliphatic heterocycles. The summed E-state index contributed by atoms with van der Waals surface area (Å²) >= 11 is 0. The Balaban J connectivity index is 1.81. The molecule has 0 atom stereocenters. The summed E-state index contributed by atoms with van der Waals surface area (Å²) < 4.78 is 0. The average molecular weight is 205 g/mol. The summed E-state index contributed by atoms with van der Waals surface area (Å²) in [6.45, 7) is 0.415. The fourth-order valence-electron chi connectivity index (χ4n) is 1.51. The highest BCUT2D eigenvalue weighted by molar-refractivity contribution is 5.76. The zero-order valence-electron chi connectivity index (χ0n) is 8.57. The molecule has 2 N–H and O–H groups in total. The lowest BCUT2D eigenvalue weighted by molar-refractivity contribution is -0.121. The van der Waals surface area contributed by atoms with Gasteiger partial charge in [0.15, 0.2) is 0 Å². The predicted molar refractivity (Wildman–Crippen MR) is 57.3 cm³/mol. The quantitative estimate of drug-likeness (QED) is 0.787. The van der Waals surface area contributed by atoms with Gasteiger partial charge in [-0.3, -0.25) is 4.79 Å². The number of phenols is 1. The van der Waals surface area contributed by atoms with Crippen LogP contribution in [0.1, 0.15) is 24.8 Å². The Morgan fingerprint density at radius 1 is 1.40 bits per heavy atom. The highest BCUT2D eigenvalue weighted by Gasteiger charge is 2.24. The molecule has 1 fully saturated rings. The van der Waals surface area contributed by atoms with Crippen LogP contribution in [0.4, 0.5) is 0 Å². The van der Waals surface area contributed by atoms with E-state index in [1.54, 1.807) is 12.1 Å². The van der Waals surface area contributed by atoms with E-state index in [9.17, 15) is 9.90 Å². The van der Waals surface area contributed by atoms with Gasteiger partial charge >= 0.3 is 0 Å². The van der Waals surface area contributed by atoms with Crippen LogP contribution in [0, 0.1) is 5.92 Å². The van der Waals surface area contributed by atoms with Crippen molar-refractivity contribution >= 4 is 5.91 Å². The van der Waals surface area contributed by atoms with Crippen LogP contribution < -0.4 is 5.32 Å². The number of nitrogens with one attached hydrogen (secondary N) is 1. The monoisotopic (exact) mass is 205 g/mol. The van der Waals surface area contributed by atoms with Crippen molar-refractivity contribution < 1.29 is 9.90 Å². The second-order valence-corrected chi connectivity index (χ2v) is 4.05. The van der Waals surface area contributed by atoms with Crippen molar-refractivity contribution in [3.63, 3.8) is 0 Å². The molecule has 1 aromatic rings. The molecule has 80 valence electrons. The number of aromatic hydroxyl groups is 1. The largest absolute Gasteiger partial charge is 0.508 e. The fourth-order valence-corrected chi connectivity index (χ4v) is 1.51. The summed E-state index contributed by atoms with van der Waals surface area (Å²) in [4.78, 5) is 11.4. The molecule has 15 heavy (non-hydrogen) atoms. The summed E-state index contributed by atoms with van der Waals surface area (Å²) in [5.41, 5.74) is 0.765. The third-order valence-electron chi connectivity index (χ3n) is 2.64. The molecule has 0 radical (unpaired) electrons. The molecule has 1 aliphatic carbocycles. The highest BCUT2D eigenvalue weighted by atomic mass is 16.3. The Labute approximate surface area is 89.1 Å². The lowest BCUT2D eigenvalue weighted by Gasteiger charge is -2.06. The van der Waals surface area contributed by atoms with Gasteiger partial charge < -0.3 is 10.4 Å². The van der Waals surface area contributed by atoms with E-state index in [1.807, 2.05) is 12.1 Å². The first-order valence-electron chi connectivity index (χ1n) is 5.29. The molecule has 3 heteroatoms. The van der Waals surface area contributed by atoms with Gasteiger partial charge in [-0.25, -0.2) is 0 Å². The number of rotatable bonds is 4. The van der Waals surface area contributed by atoms with Crippen molar-refractivity contribution in [3.05, 3.63) is 29.8 Å². The van der Waals surface area contributed by atoms with Crippen LogP contribution in [-0.2, 0) is 11.3 Å². The van der Waals surface area contributed by atoms with Gasteiger partial charge in [-0.2, -0.15) is 0 Å². The maximum Gasteiger partial charge on any atom is 0.220 e. The number of para-hydroxylation sites is 1. The fraction of sp³-hybridized carbons (Fsp3) is 0.417. The van der Waals surface area contributed by atoms with Gasteiger partial charge in [0.05, 0.1) is 0 Å². The lowest BCUT2D eigenvalue weighted by Crippen LogP contribution is -2.22. The van der Waals surface area contributed by atoms with Crippen molar-refractivity contribution in [2.75, 3.05) is 0 Å². The molecule has 1 amide bonds. The molecule has 0 unspecified atom stereocenters. The maximum atomic E-state index is 11.4. The molecule has 0 saturated heterocycles. The van der Waals surface area contributed by atoms with E-state index in [0.717, 1.165) is 5.56 Å². The third-order valence-corrected chi connectivity index (χ3v) is 2.64. The summed E-state index contributed by atoms with van der Waals surface area (Å²) in [5.74, 6) is 0.930. The van der Waals surface area contributed by atoms with Crippen molar-refractivity contribution in [1.82, 2.24) is 5.32 Å². The standard InChI is InChI=1S/C12H15NO2/c14-11-4-2-1-3-10(11)8-13-12(15)7-9-5-6-9/h1-4,9,14H,5-8H2,(H,13,15). The average Bonchev–Trinajstić information content (AvgIpc) is 3.00. The van der Waals surface area contributed by atoms with E-state index in [0.29, 0.717) is 18.9 Å². The Kier molecular flexibility index (Phi) is 2.90. The van der Waals surface area contributed by atoms with E-state index < -0.39 is 0 Å². The van der Waals surface area contributed by atoms with Gasteiger partial charge in [0.25, 0.3) is 0 Å². The molecule has 0 heterocycles. The molecular weight excluding hydrogens is 190 g/mol. The van der Waals surface area contributed by atoms with Crippen LogP contribution in [0.25, 0.3) is 0 Å². The van der Waals surface area contributed by atoms with Crippen LogP contribution in [0.15, 0.2) is 24.3 Å². The Hall–Kier alpha value is -1.51. The molecule has 3 nitrogen and oxygen atoms in total. The van der Waals surface area contributed by atoms with E-state index in [-0.39, 0.29) is 11.7 Å². The summed E-state index contributed by atoms with van der Waals surface area (Å²) in [6, 6.07) is 7.06. The van der Waals surface area contributed by atoms with Crippen molar-refractivity contribution in [1.29, 1.82) is 0 Å². The van der Waals surface area contributed by atoms with Gasteiger partial charge in [-0.05, 0) is 24.8 Å². The van der Waals surface area contributed by atoms with Gasteiger partial charge in [-0.1, -0.05) is 18.2 Å². The zero-order chi connectivity index (χ0) is 10.7. The molecule has 1 saturated carbocycles. The summed E-state index contributed by atoms with van der Waals surface area (Å²) in [7, 11) is 0. The number of phenolic OH excluding ortho intramolecular Hbond substituents is 1. The second kappa shape index (κ2) is 4.34. The summed E-state index contributed by atoms with van der Waals surface area (Å²) in [6.07, 6.45) is 3.00. The van der Waals surface area contributed by atoms with Crippen LogP contribution in [0.3, 0.4) is 0 Å². The minimum atomic E-state index is 0.0840. The predicted octanol–water partition coefficient (Wildman–Crippen LogP) is 1.81. The Bertz CT molecular complexity index is 358. The number of carbonyl (C=O) groups is 1. The topological polar surface area (TPSA) is 49.3 Å². The molecular formula is C12H15NO2. The smallest absolute Gasteiger partial charge is 0.220 e. The van der Waals surface area contributed by atoms with Gasteiger partial charge in [-0.15, -0.1) is 0 Å². The SMILES string of the molecule is O=C(CC1CC1)NCc1ccccc1O. The third kappa shape index (κ3) is 2.98. The minimum Gasteiger partial charge on any atom is -0.508 e. The Morgan fingerprint density at radius 2 is 2.13 bits per heavy atom. The van der Waals surface area contributed by atoms with Crippen molar-refractivity contribution in [2.45, 2.75) is 25.8 Å². The number of carbonyl (C=O) groups excluding carboxylic acids is 1. The minimum absolute atomic E-state index is 0.0840. The zero-order valence-corrected chi connectivity index (χ0v) is 8.57. The lowest BCUT2D eigenvalue weighted by atomic mass is 10.2. The van der Waals surface area contributed by atoms with Crippen LogP contribution in [0.5, 0.6) is 5.75 Å². The Morgan fingerprint density at radius 3 is 2.80 bits per heavy atom. The summed E-state index contributed by atoms with van der Waals surface area (Å²) in [5, 5.41) is 12.3. The van der Waals surface area contributed by atoms with Crippen LogP contribution >= 0.6 is 0 Å². The molecule has 0 spiro atoms. The van der Waals surface area contributed by atoms with Gasteiger partial charge in [0.2, 0.25) is 5.91 Å². The molecule has 1 aromatic carbocycles. The number of amides is 1. The van der Waals surface area contributed by atoms with E-state index >= 15 is 0 Å². The molecule has 2 rings (SSSR count). The number of hydrogen-bond donors (Lipinski definition) is 2. The highest BCUT2D eigenvalue weighted by Crippen LogP contribution is 2.32. The van der Waals surface area contributed by atoms with E-state index in [4.69, 9.17) is 0 Å². The number of hydrogen-bond acceptors (Lipinski definition) is 2.